The topological polar surface area (TPSA) is 59.2 Å². The van der Waals surface area contributed by atoms with Crippen molar-refractivity contribution in [3.63, 3.8) is 0 Å². The molecule has 0 unspecified atom stereocenters. The van der Waals surface area contributed by atoms with Gasteiger partial charge in [0.2, 0.25) is 0 Å². The third-order valence-corrected chi connectivity index (χ3v) is 3.48. The average molecular weight is 279 g/mol. The number of carbonyl (C=O) groups is 1. The maximum atomic E-state index is 13.2. The molecule has 0 saturated heterocycles. The van der Waals surface area contributed by atoms with E-state index in [9.17, 15) is 9.18 Å². The lowest BCUT2D eigenvalue weighted by atomic mass is 10.1. The molecule has 19 heavy (non-hydrogen) atoms. The van der Waals surface area contributed by atoms with Crippen molar-refractivity contribution in [2.45, 2.75) is 13.5 Å². The zero-order chi connectivity index (χ0) is 14.0. The number of thiazole rings is 1. The van der Waals surface area contributed by atoms with E-state index >= 15 is 0 Å². The van der Waals surface area contributed by atoms with Gasteiger partial charge >= 0.3 is 0 Å². The molecule has 0 radical (unpaired) electrons. The van der Waals surface area contributed by atoms with Gasteiger partial charge in [-0.3, -0.25) is 4.79 Å². The molecule has 2 rings (SSSR count). The van der Waals surface area contributed by atoms with Gasteiger partial charge in [0.25, 0.3) is 5.91 Å². The minimum absolute atomic E-state index is 0.175. The molecule has 1 aromatic carbocycles. The highest BCUT2D eigenvalue weighted by Crippen LogP contribution is 2.17. The Morgan fingerprint density at radius 2 is 2.26 bits per heavy atom. The van der Waals surface area contributed by atoms with Crippen LogP contribution in [0.3, 0.4) is 0 Å². The highest BCUT2D eigenvalue weighted by Gasteiger charge is 2.16. The largest absolute Gasteiger partial charge is 0.398 e. The molecule has 0 fully saturated rings. The van der Waals surface area contributed by atoms with Crippen molar-refractivity contribution < 1.29 is 9.18 Å². The summed E-state index contributed by atoms with van der Waals surface area (Å²) in [4.78, 5) is 17.9. The standard InChI is InChI=1S/C13H14FN3OS/c1-8-16-10(7-19-8)6-17(2)13(18)11-5-9(14)3-4-12(11)15/h3-5,7H,6,15H2,1-2H3. The number of rotatable bonds is 3. The van der Waals surface area contributed by atoms with Crippen LogP contribution in [0, 0.1) is 12.7 Å². The van der Waals surface area contributed by atoms with Crippen molar-refractivity contribution in [2.24, 2.45) is 0 Å². The van der Waals surface area contributed by atoms with Crippen LogP contribution in [0.5, 0.6) is 0 Å². The number of aryl methyl sites for hydroxylation is 1. The van der Waals surface area contributed by atoms with Crippen molar-refractivity contribution in [3.05, 3.63) is 45.7 Å². The van der Waals surface area contributed by atoms with Gasteiger partial charge < -0.3 is 10.6 Å². The van der Waals surface area contributed by atoms with Gasteiger partial charge in [-0.2, -0.15) is 0 Å². The van der Waals surface area contributed by atoms with Gasteiger partial charge in [0, 0.05) is 18.1 Å². The van der Waals surface area contributed by atoms with Crippen LogP contribution in [0.25, 0.3) is 0 Å². The minimum Gasteiger partial charge on any atom is -0.398 e. The third-order valence-electron chi connectivity index (χ3n) is 2.66. The molecule has 0 atom stereocenters. The van der Waals surface area contributed by atoms with Crippen LogP contribution in [0.2, 0.25) is 0 Å². The number of benzene rings is 1. The molecule has 2 aromatic rings. The number of amides is 1. The Bertz CT molecular complexity index is 612. The van der Waals surface area contributed by atoms with Crippen molar-refractivity contribution in [1.82, 2.24) is 9.88 Å². The summed E-state index contributed by atoms with van der Waals surface area (Å²) in [5, 5.41) is 2.84. The monoisotopic (exact) mass is 279 g/mol. The summed E-state index contributed by atoms with van der Waals surface area (Å²) >= 11 is 1.53. The fourth-order valence-electron chi connectivity index (χ4n) is 1.71. The van der Waals surface area contributed by atoms with Gasteiger partial charge in [-0.15, -0.1) is 11.3 Å². The van der Waals surface area contributed by atoms with Crippen molar-refractivity contribution >= 4 is 22.9 Å². The summed E-state index contributed by atoms with van der Waals surface area (Å²) in [5.74, 6) is -0.793. The molecule has 0 bridgehead atoms. The smallest absolute Gasteiger partial charge is 0.256 e. The number of hydrogen-bond acceptors (Lipinski definition) is 4. The van der Waals surface area contributed by atoms with Gasteiger partial charge in [-0.25, -0.2) is 9.37 Å². The summed E-state index contributed by atoms with van der Waals surface area (Å²) in [5.41, 5.74) is 6.96. The summed E-state index contributed by atoms with van der Waals surface area (Å²) in [6.07, 6.45) is 0. The lowest BCUT2D eigenvalue weighted by Crippen LogP contribution is -2.27. The Morgan fingerprint density at radius 1 is 1.53 bits per heavy atom. The molecule has 0 aliphatic rings. The molecule has 0 spiro atoms. The molecular weight excluding hydrogens is 265 g/mol. The Labute approximate surface area is 114 Å². The average Bonchev–Trinajstić information content (AvgIpc) is 2.77. The van der Waals surface area contributed by atoms with Crippen molar-refractivity contribution in [2.75, 3.05) is 12.8 Å². The van der Waals surface area contributed by atoms with Gasteiger partial charge in [0.1, 0.15) is 5.82 Å². The second-order valence-electron chi connectivity index (χ2n) is 4.25. The number of anilines is 1. The SMILES string of the molecule is Cc1nc(CN(C)C(=O)c2cc(F)ccc2N)cs1. The summed E-state index contributed by atoms with van der Waals surface area (Å²) in [7, 11) is 1.64. The van der Waals surface area contributed by atoms with Crippen LogP contribution in [0.1, 0.15) is 21.1 Å². The first-order valence-corrected chi connectivity index (χ1v) is 6.57. The van der Waals surface area contributed by atoms with Crippen LogP contribution in [0.15, 0.2) is 23.6 Å². The van der Waals surface area contributed by atoms with Crippen LogP contribution in [-0.4, -0.2) is 22.8 Å². The lowest BCUT2D eigenvalue weighted by molar-refractivity contribution is 0.0784. The summed E-state index contributed by atoms with van der Waals surface area (Å²) < 4.78 is 13.2. The molecule has 1 heterocycles. The number of nitrogens with two attached hydrogens (primary N) is 1. The first-order valence-electron chi connectivity index (χ1n) is 5.69. The van der Waals surface area contributed by atoms with Crippen LogP contribution >= 0.6 is 11.3 Å². The number of aromatic nitrogens is 1. The van der Waals surface area contributed by atoms with E-state index in [0.717, 1.165) is 16.8 Å². The number of nitrogens with zero attached hydrogens (tertiary/aromatic N) is 2. The van der Waals surface area contributed by atoms with Crippen LogP contribution < -0.4 is 5.73 Å². The zero-order valence-corrected chi connectivity index (χ0v) is 11.5. The summed E-state index contributed by atoms with van der Waals surface area (Å²) in [6.45, 7) is 2.28. The quantitative estimate of drug-likeness (QED) is 0.878. The Balaban J connectivity index is 2.16. The lowest BCUT2D eigenvalue weighted by Gasteiger charge is -2.17. The van der Waals surface area contributed by atoms with E-state index < -0.39 is 5.82 Å². The van der Waals surface area contributed by atoms with Gasteiger partial charge in [-0.1, -0.05) is 0 Å². The molecule has 1 amide bonds. The second-order valence-corrected chi connectivity index (χ2v) is 5.31. The number of carbonyl (C=O) groups excluding carboxylic acids is 1. The van der Waals surface area contributed by atoms with E-state index in [4.69, 9.17) is 5.73 Å². The predicted molar refractivity (Wildman–Crippen MR) is 73.5 cm³/mol. The molecule has 0 aliphatic carbocycles. The van der Waals surface area contributed by atoms with Gasteiger partial charge in [0.05, 0.1) is 22.8 Å². The van der Waals surface area contributed by atoms with E-state index in [2.05, 4.69) is 4.98 Å². The number of nitrogen functional groups attached to an aromatic ring is 1. The van der Waals surface area contributed by atoms with Gasteiger partial charge in [-0.05, 0) is 25.1 Å². The van der Waals surface area contributed by atoms with Crippen LogP contribution in [0.4, 0.5) is 10.1 Å². The number of hydrogen-bond donors (Lipinski definition) is 1. The molecular formula is C13H14FN3OS. The van der Waals surface area contributed by atoms with E-state index in [1.807, 2.05) is 12.3 Å². The fourth-order valence-corrected chi connectivity index (χ4v) is 2.32. The first kappa shape index (κ1) is 13.5. The van der Waals surface area contributed by atoms with Gasteiger partial charge in [0.15, 0.2) is 0 Å². The predicted octanol–water partition coefficient (Wildman–Crippen LogP) is 2.45. The third kappa shape index (κ3) is 3.08. The highest BCUT2D eigenvalue weighted by atomic mass is 32.1. The van der Waals surface area contributed by atoms with E-state index in [0.29, 0.717) is 6.54 Å². The molecule has 4 nitrogen and oxygen atoms in total. The normalized spacial score (nSPS) is 10.5. The summed E-state index contributed by atoms with van der Waals surface area (Å²) in [6, 6.07) is 3.78. The molecule has 2 N–H and O–H groups in total. The Kier molecular flexibility index (Phi) is 3.80. The highest BCUT2D eigenvalue weighted by molar-refractivity contribution is 7.09. The van der Waals surface area contributed by atoms with E-state index in [1.54, 1.807) is 7.05 Å². The van der Waals surface area contributed by atoms with Crippen molar-refractivity contribution in [3.8, 4) is 0 Å². The fraction of sp³-hybridized carbons (Fsp3) is 0.231. The van der Waals surface area contributed by atoms with Crippen LogP contribution in [-0.2, 0) is 6.54 Å². The molecule has 0 aliphatic heterocycles. The maximum Gasteiger partial charge on any atom is 0.256 e. The number of halogens is 1. The Morgan fingerprint density at radius 3 is 2.89 bits per heavy atom. The second kappa shape index (κ2) is 5.36. The molecule has 0 saturated carbocycles. The maximum absolute atomic E-state index is 13.2. The zero-order valence-electron chi connectivity index (χ0n) is 10.7. The molecule has 6 heteroatoms. The minimum atomic E-state index is -0.476. The molecule has 100 valence electrons. The van der Waals surface area contributed by atoms with Crippen molar-refractivity contribution in [1.29, 1.82) is 0 Å². The van der Waals surface area contributed by atoms with E-state index in [1.165, 1.54) is 28.4 Å². The molecule has 1 aromatic heterocycles. The Hall–Kier alpha value is -1.95. The first-order chi connectivity index (χ1) is 8.97. The van der Waals surface area contributed by atoms with E-state index in [-0.39, 0.29) is 17.2 Å².